The lowest BCUT2D eigenvalue weighted by Gasteiger charge is -2.29. The third-order valence-electron chi connectivity index (χ3n) is 3.61. The molecule has 1 aliphatic heterocycles. The Morgan fingerprint density at radius 1 is 1.29 bits per heavy atom. The number of ether oxygens (including phenoxy) is 1. The first kappa shape index (κ1) is 15.5. The first-order valence-corrected chi connectivity index (χ1v) is 6.99. The number of nitro groups is 1. The highest BCUT2D eigenvalue weighted by Gasteiger charge is 2.26. The van der Waals surface area contributed by atoms with Crippen LogP contribution in [0.5, 0.6) is 5.75 Å². The fourth-order valence-corrected chi connectivity index (χ4v) is 2.46. The molecule has 0 spiro atoms. The van der Waals surface area contributed by atoms with Gasteiger partial charge in [-0.1, -0.05) is 12.1 Å². The van der Waals surface area contributed by atoms with Gasteiger partial charge in [-0.25, -0.2) is 4.79 Å². The predicted molar refractivity (Wildman–Crippen MR) is 83.2 cm³/mol. The summed E-state index contributed by atoms with van der Waals surface area (Å²) in [7, 11) is 0. The highest BCUT2D eigenvalue weighted by Crippen LogP contribution is 2.34. The van der Waals surface area contributed by atoms with E-state index in [4.69, 9.17) is 9.84 Å². The van der Waals surface area contributed by atoms with Crippen molar-refractivity contribution in [2.45, 2.75) is 6.54 Å². The normalized spacial score (nSPS) is 13.2. The molecule has 1 aliphatic rings. The Hall–Kier alpha value is -3.42. The fraction of sp³-hybridized carbons (Fsp3) is 0.125. The number of anilines is 1. The van der Waals surface area contributed by atoms with Gasteiger partial charge in [0.2, 0.25) is 0 Å². The quantitative estimate of drug-likeness (QED) is 0.680. The van der Waals surface area contributed by atoms with Crippen LogP contribution in [-0.2, 0) is 11.3 Å². The average molecular weight is 328 g/mol. The van der Waals surface area contributed by atoms with Crippen molar-refractivity contribution in [3.05, 3.63) is 63.7 Å². The zero-order valence-electron chi connectivity index (χ0n) is 12.3. The van der Waals surface area contributed by atoms with Gasteiger partial charge in [0.05, 0.1) is 22.7 Å². The molecule has 0 radical (unpaired) electrons. The number of carbonyl (C=O) groups is 2. The minimum absolute atomic E-state index is 0.0541. The molecule has 0 fully saturated rings. The second-order valence-corrected chi connectivity index (χ2v) is 5.18. The highest BCUT2D eigenvalue weighted by atomic mass is 16.6. The van der Waals surface area contributed by atoms with Crippen molar-refractivity contribution < 1.29 is 24.4 Å². The van der Waals surface area contributed by atoms with E-state index in [1.54, 1.807) is 12.1 Å². The number of hydrogen-bond acceptors (Lipinski definition) is 5. The number of carbonyl (C=O) groups excluding carboxylic acids is 1. The first-order valence-electron chi connectivity index (χ1n) is 6.99. The van der Waals surface area contributed by atoms with E-state index >= 15 is 0 Å². The predicted octanol–water partition coefficient (Wildman–Crippen LogP) is 2.22. The van der Waals surface area contributed by atoms with Crippen molar-refractivity contribution in [2.24, 2.45) is 0 Å². The third kappa shape index (κ3) is 2.89. The number of nitro benzene ring substituents is 1. The van der Waals surface area contributed by atoms with Gasteiger partial charge in [0.25, 0.3) is 11.6 Å². The number of aromatic carboxylic acids is 1. The standard InChI is InChI=1S/C16H12N2O6/c19-15-9-24-14-7-11(16(20)21)4-5-13(14)17(15)8-10-2-1-3-12(6-10)18(22)23/h1-7H,8-9H2,(H,20,21). The van der Waals surface area contributed by atoms with Crippen LogP contribution in [0.4, 0.5) is 11.4 Å². The zero-order chi connectivity index (χ0) is 17.3. The Labute approximate surface area is 136 Å². The Kier molecular flexibility index (Phi) is 3.87. The van der Waals surface area contributed by atoms with Crippen molar-refractivity contribution in [1.29, 1.82) is 0 Å². The maximum Gasteiger partial charge on any atom is 0.335 e. The summed E-state index contributed by atoms with van der Waals surface area (Å²) in [6.07, 6.45) is 0. The minimum atomic E-state index is -1.09. The van der Waals surface area contributed by atoms with E-state index in [0.717, 1.165) is 0 Å². The third-order valence-corrected chi connectivity index (χ3v) is 3.61. The van der Waals surface area contributed by atoms with Gasteiger partial charge in [-0.2, -0.15) is 0 Å². The monoisotopic (exact) mass is 328 g/mol. The molecule has 24 heavy (non-hydrogen) atoms. The summed E-state index contributed by atoms with van der Waals surface area (Å²) < 4.78 is 5.29. The zero-order valence-corrected chi connectivity index (χ0v) is 12.3. The number of amides is 1. The number of carboxylic acids is 1. The number of hydrogen-bond donors (Lipinski definition) is 1. The Morgan fingerprint density at radius 3 is 2.79 bits per heavy atom. The van der Waals surface area contributed by atoms with Crippen LogP contribution in [0.2, 0.25) is 0 Å². The van der Waals surface area contributed by atoms with Crippen molar-refractivity contribution >= 4 is 23.3 Å². The van der Waals surface area contributed by atoms with Crippen molar-refractivity contribution in [3.63, 3.8) is 0 Å². The molecule has 3 rings (SSSR count). The summed E-state index contributed by atoms with van der Waals surface area (Å²) in [5.74, 6) is -1.11. The van der Waals surface area contributed by atoms with Gasteiger partial charge in [0, 0.05) is 12.1 Å². The number of benzene rings is 2. The SMILES string of the molecule is O=C(O)c1ccc2c(c1)OCC(=O)N2Cc1cccc([N+](=O)[O-])c1. The van der Waals surface area contributed by atoms with Crippen molar-refractivity contribution in [2.75, 3.05) is 11.5 Å². The maximum absolute atomic E-state index is 12.1. The van der Waals surface area contributed by atoms with E-state index < -0.39 is 10.9 Å². The topological polar surface area (TPSA) is 110 Å². The number of nitrogens with zero attached hydrogens (tertiary/aromatic N) is 2. The number of carboxylic acid groups (broad SMARTS) is 1. The van der Waals surface area contributed by atoms with Crippen LogP contribution in [-0.4, -0.2) is 28.5 Å². The van der Waals surface area contributed by atoms with Crippen LogP contribution in [0.1, 0.15) is 15.9 Å². The van der Waals surface area contributed by atoms with Gasteiger partial charge in [-0.3, -0.25) is 14.9 Å². The van der Waals surface area contributed by atoms with E-state index in [1.807, 2.05) is 0 Å². The second-order valence-electron chi connectivity index (χ2n) is 5.18. The molecule has 0 saturated heterocycles. The molecule has 1 N–H and O–H groups in total. The van der Waals surface area contributed by atoms with Gasteiger partial charge >= 0.3 is 5.97 Å². The molecule has 1 amide bonds. The smallest absolute Gasteiger partial charge is 0.335 e. The Bertz CT molecular complexity index is 848. The van der Waals surface area contributed by atoms with E-state index in [-0.39, 0.29) is 30.3 Å². The summed E-state index contributed by atoms with van der Waals surface area (Å²) in [4.78, 5) is 35.0. The summed E-state index contributed by atoms with van der Waals surface area (Å²) in [5, 5.41) is 19.9. The summed E-state index contributed by atoms with van der Waals surface area (Å²) in [6.45, 7) is -0.0890. The van der Waals surface area contributed by atoms with Gasteiger partial charge < -0.3 is 14.7 Å². The molecular formula is C16H12N2O6. The number of rotatable bonds is 4. The molecule has 0 aliphatic carbocycles. The van der Waals surface area contributed by atoms with Crippen LogP contribution < -0.4 is 9.64 Å². The number of non-ortho nitro benzene ring substituents is 1. The fourth-order valence-electron chi connectivity index (χ4n) is 2.46. The van der Waals surface area contributed by atoms with Crippen molar-refractivity contribution in [1.82, 2.24) is 0 Å². The molecule has 2 aromatic rings. The summed E-state index contributed by atoms with van der Waals surface area (Å²) >= 11 is 0. The summed E-state index contributed by atoms with van der Waals surface area (Å²) in [5.41, 5.74) is 1.02. The van der Waals surface area contributed by atoms with Crippen LogP contribution in [0, 0.1) is 10.1 Å². The molecule has 0 unspecified atom stereocenters. The molecule has 1 heterocycles. The van der Waals surface area contributed by atoms with Gasteiger partial charge in [0.15, 0.2) is 6.61 Å². The Morgan fingerprint density at radius 2 is 2.08 bits per heavy atom. The molecule has 0 bridgehead atoms. The van der Waals surface area contributed by atoms with Gasteiger partial charge in [0.1, 0.15) is 5.75 Å². The number of fused-ring (bicyclic) bond motifs is 1. The molecular weight excluding hydrogens is 316 g/mol. The summed E-state index contributed by atoms with van der Waals surface area (Å²) in [6, 6.07) is 10.2. The largest absolute Gasteiger partial charge is 0.482 e. The van der Waals surface area contributed by atoms with Crippen LogP contribution in [0.3, 0.4) is 0 Å². The van der Waals surface area contributed by atoms with Crippen molar-refractivity contribution in [3.8, 4) is 5.75 Å². The molecule has 0 saturated carbocycles. The lowest BCUT2D eigenvalue weighted by atomic mass is 10.1. The second kappa shape index (κ2) is 5.99. The average Bonchev–Trinajstić information content (AvgIpc) is 2.57. The van der Waals surface area contributed by atoms with Gasteiger partial charge in [-0.15, -0.1) is 0 Å². The molecule has 122 valence electrons. The maximum atomic E-state index is 12.1. The molecule has 8 heteroatoms. The van der Waals surface area contributed by atoms with E-state index in [9.17, 15) is 19.7 Å². The molecule has 0 aromatic heterocycles. The first-order chi connectivity index (χ1) is 11.5. The van der Waals surface area contributed by atoms with Crippen LogP contribution in [0.15, 0.2) is 42.5 Å². The van der Waals surface area contributed by atoms with Gasteiger partial charge in [-0.05, 0) is 23.8 Å². The minimum Gasteiger partial charge on any atom is -0.482 e. The van der Waals surface area contributed by atoms with E-state index in [0.29, 0.717) is 17.0 Å². The highest BCUT2D eigenvalue weighted by molar-refractivity contribution is 5.99. The Balaban J connectivity index is 1.94. The van der Waals surface area contributed by atoms with E-state index in [2.05, 4.69) is 0 Å². The van der Waals surface area contributed by atoms with Crippen LogP contribution in [0.25, 0.3) is 0 Å². The molecule has 8 nitrogen and oxygen atoms in total. The van der Waals surface area contributed by atoms with Crippen LogP contribution >= 0.6 is 0 Å². The molecule has 0 atom stereocenters. The lowest BCUT2D eigenvalue weighted by molar-refractivity contribution is -0.384. The van der Waals surface area contributed by atoms with E-state index in [1.165, 1.54) is 35.2 Å². The molecule has 2 aromatic carbocycles. The lowest BCUT2D eigenvalue weighted by Crippen LogP contribution is -2.38.